The maximum absolute atomic E-state index is 6.12. The molecule has 1 saturated heterocycles. The Kier molecular flexibility index (Phi) is 4.13. The van der Waals surface area contributed by atoms with Crippen molar-refractivity contribution in [1.82, 2.24) is 15.2 Å². The van der Waals surface area contributed by atoms with Crippen molar-refractivity contribution in [3.8, 4) is 22.9 Å². The average Bonchev–Trinajstić information content (AvgIpc) is 3.45. The smallest absolute Gasteiger partial charge is 0.251 e. The summed E-state index contributed by atoms with van der Waals surface area (Å²) < 4.78 is 6.05. The first kappa shape index (κ1) is 16.4. The summed E-state index contributed by atoms with van der Waals surface area (Å²) in [7, 11) is 0. The van der Waals surface area contributed by atoms with Crippen LogP contribution in [0.1, 0.15) is 37.2 Å². The first-order valence-corrected chi connectivity index (χ1v) is 9.67. The summed E-state index contributed by atoms with van der Waals surface area (Å²) in [6.07, 6.45) is 8.34. The van der Waals surface area contributed by atoms with E-state index in [9.17, 15) is 0 Å². The molecule has 1 aromatic carbocycles. The van der Waals surface area contributed by atoms with Crippen LogP contribution in [0, 0.1) is 0 Å². The fourth-order valence-corrected chi connectivity index (χ4v) is 3.82. The lowest BCUT2D eigenvalue weighted by Crippen LogP contribution is -2.40. The number of rotatable bonds is 4. The third-order valence-corrected chi connectivity index (χ3v) is 5.49. The van der Waals surface area contributed by atoms with Gasteiger partial charge in [0, 0.05) is 37.1 Å². The van der Waals surface area contributed by atoms with Gasteiger partial charge < -0.3 is 15.1 Å². The number of nitrogens with zero attached hydrogens (tertiary/aromatic N) is 4. The first-order valence-electron chi connectivity index (χ1n) is 9.67. The van der Waals surface area contributed by atoms with E-state index < -0.39 is 0 Å². The largest absolute Gasteiger partial charge is 0.416 e. The zero-order valence-electron chi connectivity index (χ0n) is 15.2. The maximum atomic E-state index is 6.12. The standard InChI is InChI=1S/C21H23N5O/c22-16-8-10-26(11-9-16)19-17(14-6-7-14)12-23-13-18(19)21-25-24-20(27-21)15-4-2-1-3-5-15/h1-5,12-14,16H,6-11,22H2. The van der Waals surface area contributed by atoms with Crippen molar-refractivity contribution in [3.05, 3.63) is 48.3 Å². The van der Waals surface area contributed by atoms with E-state index in [-0.39, 0.29) is 0 Å². The van der Waals surface area contributed by atoms with Gasteiger partial charge in [0.05, 0.1) is 11.3 Å². The Bertz CT molecular complexity index is 927. The van der Waals surface area contributed by atoms with Crippen molar-refractivity contribution in [2.24, 2.45) is 5.73 Å². The number of piperidine rings is 1. The average molecular weight is 361 g/mol. The molecule has 0 spiro atoms. The highest BCUT2D eigenvalue weighted by Crippen LogP contribution is 2.47. The molecule has 6 nitrogen and oxygen atoms in total. The van der Waals surface area contributed by atoms with Gasteiger partial charge in [-0.15, -0.1) is 10.2 Å². The second-order valence-corrected chi connectivity index (χ2v) is 7.50. The Morgan fingerprint density at radius 3 is 2.41 bits per heavy atom. The predicted octanol–water partition coefficient (Wildman–Crippen LogP) is 3.60. The topological polar surface area (TPSA) is 81.1 Å². The van der Waals surface area contributed by atoms with Crippen molar-refractivity contribution in [3.63, 3.8) is 0 Å². The normalized spacial score (nSPS) is 18.0. The Balaban J connectivity index is 1.56. The Labute approximate surface area is 158 Å². The molecule has 1 saturated carbocycles. The van der Waals surface area contributed by atoms with E-state index in [4.69, 9.17) is 10.2 Å². The Morgan fingerprint density at radius 1 is 0.926 bits per heavy atom. The van der Waals surface area contributed by atoms with Crippen LogP contribution < -0.4 is 10.6 Å². The highest BCUT2D eigenvalue weighted by atomic mass is 16.4. The van der Waals surface area contributed by atoms with E-state index >= 15 is 0 Å². The van der Waals surface area contributed by atoms with Crippen molar-refractivity contribution in [2.75, 3.05) is 18.0 Å². The second-order valence-electron chi connectivity index (χ2n) is 7.50. The predicted molar refractivity (Wildman–Crippen MR) is 104 cm³/mol. The number of aromatic nitrogens is 3. The molecule has 0 amide bonds. The van der Waals surface area contributed by atoms with Crippen LogP contribution in [0.4, 0.5) is 5.69 Å². The van der Waals surface area contributed by atoms with Crippen molar-refractivity contribution in [2.45, 2.75) is 37.6 Å². The summed E-state index contributed by atoms with van der Waals surface area (Å²) in [5, 5.41) is 8.61. The minimum absolute atomic E-state index is 0.295. The van der Waals surface area contributed by atoms with Crippen LogP contribution in [-0.2, 0) is 0 Å². The van der Waals surface area contributed by atoms with E-state index in [0.29, 0.717) is 23.7 Å². The van der Waals surface area contributed by atoms with Gasteiger partial charge in [-0.1, -0.05) is 18.2 Å². The fraction of sp³-hybridized carbons (Fsp3) is 0.381. The van der Waals surface area contributed by atoms with Gasteiger partial charge in [0.1, 0.15) is 0 Å². The molecule has 6 heteroatoms. The number of hydrogen-bond acceptors (Lipinski definition) is 6. The zero-order chi connectivity index (χ0) is 18.2. The van der Waals surface area contributed by atoms with Crippen LogP contribution in [0.5, 0.6) is 0 Å². The molecular formula is C21H23N5O. The molecule has 0 atom stereocenters. The summed E-state index contributed by atoms with van der Waals surface area (Å²) in [5.74, 6) is 1.67. The molecule has 27 heavy (non-hydrogen) atoms. The van der Waals surface area contributed by atoms with Crippen molar-refractivity contribution in [1.29, 1.82) is 0 Å². The molecule has 3 aromatic rings. The lowest BCUT2D eigenvalue weighted by atomic mass is 10.0. The molecular weight excluding hydrogens is 338 g/mol. The quantitative estimate of drug-likeness (QED) is 0.765. The number of benzene rings is 1. The SMILES string of the molecule is NC1CCN(c2c(-c3nnc(-c4ccccc4)o3)cncc2C2CC2)CC1. The molecule has 0 radical (unpaired) electrons. The molecule has 1 aliphatic carbocycles. The van der Waals surface area contributed by atoms with Gasteiger partial charge in [-0.25, -0.2) is 0 Å². The third kappa shape index (κ3) is 3.21. The molecule has 1 aliphatic heterocycles. The molecule has 138 valence electrons. The molecule has 2 aliphatic rings. The number of nitrogens with two attached hydrogens (primary N) is 1. The fourth-order valence-electron chi connectivity index (χ4n) is 3.82. The molecule has 0 unspecified atom stereocenters. The molecule has 2 aromatic heterocycles. The minimum atomic E-state index is 0.295. The summed E-state index contributed by atoms with van der Waals surface area (Å²) >= 11 is 0. The van der Waals surface area contributed by atoms with Crippen LogP contribution in [0.25, 0.3) is 22.9 Å². The molecule has 2 N–H and O–H groups in total. The van der Waals surface area contributed by atoms with E-state index in [0.717, 1.165) is 37.1 Å². The highest BCUT2D eigenvalue weighted by Gasteiger charge is 2.32. The third-order valence-electron chi connectivity index (χ3n) is 5.49. The van der Waals surface area contributed by atoms with Gasteiger partial charge in [-0.05, 0) is 49.3 Å². The molecule has 3 heterocycles. The monoisotopic (exact) mass is 361 g/mol. The van der Waals surface area contributed by atoms with Crippen molar-refractivity contribution >= 4 is 5.69 Å². The lowest BCUT2D eigenvalue weighted by Gasteiger charge is -2.34. The van der Waals surface area contributed by atoms with E-state index in [2.05, 4.69) is 20.1 Å². The summed E-state index contributed by atoms with van der Waals surface area (Å²) in [6, 6.07) is 10.2. The maximum Gasteiger partial charge on any atom is 0.251 e. The van der Waals surface area contributed by atoms with E-state index in [1.165, 1.54) is 24.1 Å². The minimum Gasteiger partial charge on any atom is -0.416 e. The summed E-state index contributed by atoms with van der Waals surface area (Å²) in [5.41, 5.74) is 10.5. The van der Waals surface area contributed by atoms with E-state index in [1.807, 2.05) is 42.7 Å². The van der Waals surface area contributed by atoms with Crippen LogP contribution in [0.2, 0.25) is 0 Å². The van der Waals surface area contributed by atoms with Crippen LogP contribution in [-0.4, -0.2) is 34.3 Å². The van der Waals surface area contributed by atoms with Crippen LogP contribution in [0.15, 0.2) is 47.1 Å². The number of anilines is 1. The van der Waals surface area contributed by atoms with Gasteiger partial charge in [-0.3, -0.25) is 4.98 Å². The van der Waals surface area contributed by atoms with Gasteiger partial charge in [-0.2, -0.15) is 0 Å². The lowest BCUT2D eigenvalue weighted by molar-refractivity contribution is 0.500. The van der Waals surface area contributed by atoms with Gasteiger partial charge >= 0.3 is 0 Å². The van der Waals surface area contributed by atoms with Gasteiger partial charge in [0.25, 0.3) is 5.89 Å². The van der Waals surface area contributed by atoms with Crippen LogP contribution in [0.3, 0.4) is 0 Å². The van der Waals surface area contributed by atoms with Gasteiger partial charge in [0.15, 0.2) is 0 Å². The first-order chi connectivity index (χ1) is 13.3. The van der Waals surface area contributed by atoms with Crippen LogP contribution >= 0.6 is 0 Å². The Hall–Kier alpha value is -2.73. The molecule has 0 bridgehead atoms. The Morgan fingerprint density at radius 2 is 1.67 bits per heavy atom. The second kappa shape index (κ2) is 6.78. The number of hydrogen-bond donors (Lipinski definition) is 1. The highest BCUT2D eigenvalue weighted by molar-refractivity contribution is 5.77. The van der Waals surface area contributed by atoms with Gasteiger partial charge in [0.2, 0.25) is 5.89 Å². The van der Waals surface area contributed by atoms with E-state index in [1.54, 1.807) is 0 Å². The van der Waals surface area contributed by atoms with Crippen molar-refractivity contribution < 1.29 is 4.42 Å². The zero-order valence-corrected chi connectivity index (χ0v) is 15.2. The molecule has 5 rings (SSSR count). The summed E-state index contributed by atoms with van der Waals surface area (Å²) in [6.45, 7) is 1.91. The summed E-state index contributed by atoms with van der Waals surface area (Å²) in [4.78, 5) is 6.93. The molecule has 2 fully saturated rings. The number of pyridine rings is 1.